The fourth-order valence-electron chi connectivity index (χ4n) is 2.98. The van der Waals surface area contributed by atoms with E-state index in [2.05, 4.69) is 16.0 Å². The summed E-state index contributed by atoms with van der Waals surface area (Å²) in [5.41, 5.74) is 3.91. The number of nitrogens with zero attached hydrogens (tertiary/aromatic N) is 3. The van der Waals surface area contributed by atoms with Crippen molar-refractivity contribution in [1.82, 2.24) is 9.97 Å². The third-order valence-electron chi connectivity index (χ3n) is 4.30. The van der Waals surface area contributed by atoms with E-state index in [-0.39, 0.29) is 5.91 Å². The number of fused-ring (bicyclic) bond motifs is 1. The Bertz CT molecular complexity index is 1040. The van der Waals surface area contributed by atoms with Crippen LogP contribution in [0.2, 0.25) is 0 Å². The smallest absolute Gasteiger partial charge is 0.233 e. The van der Waals surface area contributed by atoms with Crippen molar-refractivity contribution in [1.29, 1.82) is 0 Å². The number of benzene rings is 2. The molecule has 0 aliphatic rings. The summed E-state index contributed by atoms with van der Waals surface area (Å²) in [6.07, 6.45) is 2.08. The van der Waals surface area contributed by atoms with Crippen molar-refractivity contribution in [3.05, 3.63) is 89.7 Å². The topological polar surface area (TPSA) is 46.1 Å². The van der Waals surface area contributed by atoms with Gasteiger partial charge in [0, 0.05) is 6.20 Å². The minimum absolute atomic E-state index is 0.0188. The molecule has 0 fully saturated rings. The van der Waals surface area contributed by atoms with E-state index in [0.29, 0.717) is 18.1 Å². The zero-order chi connectivity index (χ0) is 18.6. The van der Waals surface area contributed by atoms with Crippen LogP contribution in [0.15, 0.2) is 72.9 Å². The molecule has 2 aromatic heterocycles. The molecule has 4 rings (SSSR count). The molecule has 27 heavy (non-hydrogen) atoms. The summed E-state index contributed by atoms with van der Waals surface area (Å²) in [6.45, 7) is 2.44. The lowest BCUT2D eigenvalue weighted by Gasteiger charge is -2.19. The molecule has 2 aromatic carbocycles. The molecule has 2 heterocycles. The molecule has 0 spiro atoms. The van der Waals surface area contributed by atoms with Crippen LogP contribution in [0.25, 0.3) is 10.2 Å². The first-order valence-electron chi connectivity index (χ1n) is 8.80. The van der Waals surface area contributed by atoms with E-state index in [1.807, 2.05) is 67.6 Å². The summed E-state index contributed by atoms with van der Waals surface area (Å²) < 4.78 is 1.07. The Balaban J connectivity index is 1.67. The lowest BCUT2D eigenvalue weighted by molar-refractivity contribution is -0.118. The normalized spacial score (nSPS) is 10.9. The molecule has 5 heteroatoms. The van der Waals surface area contributed by atoms with E-state index < -0.39 is 0 Å². The van der Waals surface area contributed by atoms with Crippen molar-refractivity contribution in [2.45, 2.75) is 19.9 Å². The summed E-state index contributed by atoms with van der Waals surface area (Å²) in [4.78, 5) is 24.0. The van der Waals surface area contributed by atoms with Crippen LogP contribution in [-0.2, 0) is 17.8 Å². The number of aryl methyl sites for hydroxylation is 1. The van der Waals surface area contributed by atoms with Gasteiger partial charge in [-0.15, -0.1) is 0 Å². The number of carbonyl (C=O) groups is 1. The molecule has 0 bridgehead atoms. The molecule has 4 nitrogen and oxygen atoms in total. The number of para-hydroxylation sites is 1. The molecule has 0 N–H and O–H groups in total. The van der Waals surface area contributed by atoms with Gasteiger partial charge in [0.1, 0.15) is 0 Å². The van der Waals surface area contributed by atoms with Crippen LogP contribution in [0, 0.1) is 6.92 Å². The van der Waals surface area contributed by atoms with Crippen molar-refractivity contribution >= 4 is 32.6 Å². The van der Waals surface area contributed by atoms with Gasteiger partial charge in [0.25, 0.3) is 0 Å². The zero-order valence-electron chi connectivity index (χ0n) is 15.0. The standard InChI is InChI=1S/C22H19N3OS/c1-16-7-6-8-17(13-16)14-21(26)25(15-18-9-4-5-12-23-18)22-24-19-10-2-3-11-20(19)27-22/h2-13H,14-15H2,1H3. The highest BCUT2D eigenvalue weighted by molar-refractivity contribution is 7.22. The van der Waals surface area contributed by atoms with Gasteiger partial charge in [-0.05, 0) is 36.8 Å². The van der Waals surface area contributed by atoms with Crippen LogP contribution in [0.4, 0.5) is 5.13 Å². The van der Waals surface area contributed by atoms with Crippen molar-refractivity contribution in [2.75, 3.05) is 4.90 Å². The summed E-state index contributed by atoms with van der Waals surface area (Å²) >= 11 is 1.53. The number of carbonyl (C=O) groups excluding carboxylic acids is 1. The van der Waals surface area contributed by atoms with Gasteiger partial charge in [-0.25, -0.2) is 4.98 Å². The second-order valence-electron chi connectivity index (χ2n) is 6.43. The maximum atomic E-state index is 13.2. The lowest BCUT2D eigenvalue weighted by Crippen LogP contribution is -2.32. The fraction of sp³-hybridized carbons (Fsp3) is 0.136. The van der Waals surface area contributed by atoms with Crippen LogP contribution in [-0.4, -0.2) is 15.9 Å². The first-order valence-corrected chi connectivity index (χ1v) is 9.62. The molecule has 0 aliphatic heterocycles. The quantitative estimate of drug-likeness (QED) is 0.506. The minimum Gasteiger partial charge on any atom is -0.282 e. The Kier molecular flexibility index (Phi) is 4.94. The SMILES string of the molecule is Cc1cccc(CC(=O)N(Cc2ccccn2)c2nc3ccccc3s2)c1. The van der Waals surface area contributed by atoms with Crippen LogP contribution in [0.3, 0.4) is 0 Å². The molecule has 0 saturated heterocycles. The summed E-state index contributed by atoms with van der Waals surface area (Å²) in [7, 11) is 0. The predicted octanol–water partition coefficient (Wildman–Crippen LogP) is 4.78. The molecule has 0 unspecified atom stereocenters. The molecule has 4 aromatic rings. The third kappa shape index (κ3) is 4.04. The Morgan fingerprint density at radius 3 is 2.67 bits per heavy atom. The maximum Gasteiger partial charge on any atom is 0.233 e. The molecule has 134 valence electrons. The largest absolute Gasteiger partial charge is 0.282 e. The van der Waals surface area contributed by atoms with E-state index in [0.717, 1.165) is 27.0 Å². The van der Waals surface area contributed by atoms with Crippen LogP contribution in [0.1, 0.15) is 16.8 Å². The molecule has 0 saturated carbocycles. The second-order valence-corrected chi connectivity index (χ2v) is 7.44. The van der Waals surface area contributed by atoms with Crippen molar-refractivity contribution in [2.24, 2.45) is 0 Å². The number of anilines is 1. The number of pyridine rings is 1. The molecular weight excluding hydrogens is 354 g/mol. The lowest BCUT2D eigenvalue weighted by atomic mass is 10.1. The van der Waals surface area contributed by atoms with Gasteiger partial charge in [-0.3, -0.25) is 14.7 Å². The molecule has 1 amide bonds. The third-order valence-corrected chi connectivity index (χ3v) is 5.36. The average Bonchev–Trinajstić information content (AvgIpc) is 3.10. The van der Waals surface area contributed by atoms with Gasteiger partial charge in [-0.1, -0.05) is 59.4 Å². The Morgan fingerprint density at radius 1 is 1.04 bits per heavy atom. The Hall–Kier alpha value is -3.05. The molecule has 0 radical (unpaired) electrons. The van der Waals surface area contributed by atoms with E-state index in [1.165, 1.54) is 11.3 Å². The van der Waals surface area contributed by atoms with E-state index in [1.54, 1.807) is 11.1 Å². The van der Waals surface area contributed by atoms with Gasteiger partial charge in [-0.2, -0.15) is 0 Å². The Labute approximate surface area is 162 Å². The fourth-order valence-corrected chi connectivity index (χ4v) is 3.97. The monoisotopic (exact) mass is 373 g/mol. The summed E-state index contributed by atoms with van der Waals surface area (Å²) in [5, 5.41) is 0.708. The highest BCUT2D eigenvalue weighted by atomic mass is 32.1. The van der Waals surface area contributed by atoms with E-state index in [4.69, 9.17) is 0 Å². The number of hydrogen-bond donors (Lipinski definition) is 0. The highest BCUT2D eigenvalue weighted by Gasteiger charge is 2.21. The average molecular weight is 373 g/mol. The van der Waals surface area contributed by atoms with Gasteiger partial charge in [0.2, 0.25) is 5.91 Å². The number of aromatic nitrogens is 2. The number of amides is 1. The highest BCUT2D eigenvalue weighted by Crippen LogP contribution is 2.30. The van der Waals surface area contributed by atoms with Gasteiger partial charge in [0.05, 0.1) is 28.9 Å². The second kappa shape index (κ2) is 7.68. The van der Waals surface area contributed by atoms with Gasteiger partial charge in [0.15, 0.2) is 5.13 Å². The number of hydrogen-bond acceptors (Lipinski definition) is 4. The first-order chi connectivity index (χ1) is 13.2. The summed E-state index contributed by atoms with van der Waals surface area (Å²) in [5.74, 6) is 0.0188. The van der Waals surface area contributed by atoms with Crippen LogP contribution < -0.4 is 4.90 Å². The van der Waals surface area contributed by atoms with Gasteiger partial charge >= 0.3 is 0 Å². The zero-order valence-corrected chi connectivity index (χ0v) is 15.8. The first kappa shape index (κ1) is 17.4. The van der Waals surface area contributed by atoms with E-state index in [9.17, 15) is 4.79 Å². The molecule has 0 aliphatic carbocycles. The minimum atomic E-state index is 0.0188. The van der Waals surface area contributed by atoms with Crippen molar-refractivity contribution in [3.8, 4) is 0 Å². The van der Waals surface area contributed by atoms with Crippen molar-refractivity contribution < 1.29 is 4.79 Å². The van der Waals surface area contributed by atoms with Crippen LogP contribution in [0.5, 0.6) is 0 Å². The van der Waals surface area contributed by atoms with E-state index >= 15 is 0 Å². The predicted molar refractivity (Wildman–Crippen MR) is 110 cm³/mol. The number of rotatable bonds is 5. The van der Waals surface area contributed by atoms with Gasteiger partial charge < -0.3 is 0 Å². The molecular formula is C22H19N3OS. The van der Waals surface area contributed by atoms with Crippen LogP contribution >= 0.6 is 11.3 Å². The van der Waals surface area contributed by atoms with Crippen molar-refractivity contribution in [3.63, 3.8) is 0 Å². The number of thiazole rings is 1. The Morgan fingerprint density at radius 2 is 1.89 bits per heavy atom. The molecule has 0 atom stereocenters. The maximum absolute atomic E-state index is 13.2. The summed E-state index contributed by atoms with van der Waals surface area (Å²) in [6, 6.07) is 21.7.